The molecule has 0 saturated carbocycles. The number of nitrogens with zero attached hydrogens (tertiary/aromatic N) is 3. The highest BCUT2D eigenvalue weighted by molar-refractivity contribution is 6.07. The van der Waals surface area contributed by atoms with E-state index in [-0.39, 0.29) is 23.9 Å². The second-order valence-electron chi connectivity index (χ2n) is 8.00. The predicted molar refractivity (Wildman–Crippen MR) is 128 cm³/mol. The SMILES string of the molecule is CNC(=O)c1c(C)oc2cc(Oc3c(C#N)cnc4ccc(NC(=O)CN(C)C)cc34)ccc12. The zero-order valence-electron chi connectivity index (χ0n) is 19.2. The number of aryl methyl sites for hydroxylation is 1. The molecule has 172 valence electrons. The van der Waals surface area contributed by atoms with Crippen LogP contribution in [0.4, 0.5) is 5.69 Å². The van der Waals surface area contributed by atoms with Crippen LogP contribution in [0.2, 0.25) is 0 Å². The van der Waals surface area contributed by atoms with Crippen molar-refractivity contribution in [2.45, 2.75) is 6.92 Å². The number of carbonyl (C=O) groups is 2. The van der Waals surface area contributed by atoms with Crippen molar-refractivity contribution >= 4 is 39.4 Å². The van der Waals surface area contributed by atoms with Crippen molar-refractivity contribution in [1.29, 1.82) is 5.26 Å². The van der Waals surface area contributed by atoms with Crippen LogP contribution >= 0.6 is 0 Å². The molecule has 4 aromatic rings. The number of aromatic nitrogens is 1. The van der Waals surface area contributed by atoms with Crippen molar-refractivity contribution in [3.63, 3.8) is 0 Å². The number of amides is 2. The maximum absolute atomic E-state index is 12.2. The van der Waals surface area contributed by atoms with Gasteiger partial charge in [-0.05, 0) is 51.4 Å². The first kappa shape index (κ1) is 22.8. The average molecular weight is 457 g/mol. The largest absolute Gasteiger partial charge is 0.460 e. The summed E-state index contributed by atoms with van der Waals surface area (Å²) in [5.41, 5.74) is 2.37. The molecule has 0 radical (unpaired) electrons. The van der Waals surface area contributed by atoms with E-state index in [2.05, 4.69) is 21.7 Å². The molecule has 2 N–H and O–H groups in total. The summed E-state index contributed by atoms with van der Waals surface area (Å²) in [6.45, 7) is 1.96. The fourth-order valence-corrected chi connectivity index (χ4v) is 3.71. The molecule has 0 atom stereocenters. The summed E-state index contributed by atoms with van der Waals surface area (Å²) in [4.78, 5) is 30.5. The van der Waals surface area contributed by atoms with Crippen LogP contribution in [-0.4, -0.2) is 49.4 Å². The first-order chi connectivity index (χ1) is 16.3. The Balaban J connectivity index is 1.75. The van der Waals surface area contributed by atoms with Gasteiger partial charge in [-0.1, -0.05) is 0 Å². The Morgan fingerprint density at radius 2 is 1.97 bits per heavy atom. The number of ether oxygens (including phenoxy) is 1. The number of nitrogens with one attached hydrogen (secondary N) is 2. The van der Waals surface area contributed by atoms with Gasteiger partial charge in [-0.25, -0.2) is 0 Å². The Bertz CT molecular complexity index is 1470. The highest BCUT2D eigenvalue weighted by Gasteiger charge is 2.19. The zero-order valence-corrected chi connectivity index (χ0v) is 19.2. The van der Waals surface area contributed by atoms with Gasteiger partial charge < -0.3 is 24.7 Å². The first-order valence-corrected chi connectivity index (χ1v) is 10.5. The van der Waals surface area contributed by atoms with E-state index in [4.69, 9.17) is 9.15 Å². The van der Waals surface area contributed by atoms with E-state index in [9.17, 15) is 14.9 Å². The molecule has 0 aliphatic carbocycles. The normalized spacial score (nSPS) is 10.9. The van der Waals surface area contributed by atoms with E-state index in [1.54, 1.807) is 55.3 Å². The van der Waals surface area contributed by atoms with E-state index in [1.807, 2.05) is 14.1 Å². The maximum Gasteiger partial charge on any atom is 0.255 e. The summed E-state index contributed by atoms with van der Waals surface area (Å²) in [6.07, 6.45) is 1.45. The van der Waals surface area contributed by atoms with Crippen LogP contribution in [0.15, 0.2) is 47.0 Å². The minimum absolute atomic E-state index is 0.165. The minimum Gasteiger partial charge on any atom is -0.460 e. The van der Waals surface area contributed by atoms with Crippen LogP contribution in [0.3, 0.4) is 0 Å². The van der Waals surface area contributed by atoms with Gasteiger partial charge in [0.2, 0.25) is 5.91 Å². The quantitative estimate of drug-likeness (QED) is 0.452. The van der Waals surface area contributed by atoms with E-state index in [0.717, 1.165) is 0 Å². The molecule has 2 heterocycles. The van der Waals surface area contributed by atoms with E-state index < -0.39 is 0 Å². The molecule has 4 rings (SSSR count). The molecule has 0 spiro atoms. The van der Waals surface area contributed by atoms with Gasteiger partial charge in [-0.2, -0.15) is 5.26 Å². The summed E-state index contributed by atoms with van der Waals surface area (Å²) in [5, 5.41) is 16.4. The lowest BCUT2D eigenvalue weighted by atomic mass is 10.1. The number of rotatable bonds is 6. The van der Waals surface area contributed by atoms with Gasteiger partial charge in [0, 0.05) is 35.8 Å². The van der Waals surface area contributed by atoms with E-state index in [0.29, 0.717) is 50.4 Å². The lowest BCUT2D eigenvalue weighted by molar-refractivity contribution is -0.116. The summed E-state index contributed by atoms with van der Waals surface area (Å²) in [7, 11) is 5.18. The van der Waals surface area contributed by atoms with Crippen molar-refractivity contribution in [3.8, 4) is 17.6 Å². The molecule has 34 heavy (non-hydrogen) atoms. The van der Waals surface area contributed by atoms with Gasteiger partial charge >= 0.3 is 0 Å². The summed E-state index contributed by atoms with van der Waals surface area (Å²) < 4.78 is 11.9. The fourth-order valence-electron chi connectivity index (χ4n) is 3.71. The number of fused-ring (bicyclic) bond motifs is 2. The van der Waals surface area contributed by atoms with Crippen molar-refractivity contribution < 1.29 is 18.7 Å². The van der Waals surface area contributed by atoms with Gasteiger partial charge in [-0.3, -0.25) is 14.6 Å². The van der Waals surface area contributed by atoms with Gasteiger partial charge in [0.05, 0.1) is 17.6 Å². The molecule has 0 aliphatic rings. The Morgan fingerprint density at radius 3 is 2.68 bits per heavy atom. The number of hydrogen-bond acceptors (Lipinski definition) is 7. The van der Waals surface area contributed by atoms with Crippen LogP contribution in [0, 0.1) is 18.3 Å². The van der Waals surface area contributed by atoms with Crippen molar-refractivity contribution in [2.24, 2.45) is 0 Å². The Kier molecular flexibility index (Phi) is 6.17. The fraction of sp³-hybridized carbons (Fsp3) is 0.200. The van der Waals surface area contributed by atoms with Crippen molar-refractivity contribution in [3.05, 3.63) is 59.5 Å². The molecule has 2 aromatic carbocycles. The number of likely N-dealkylation sites (N-methyl/N-ethyl adjacent to an activating group) is 1. The standard InChI is InChI=1S/C25H23N5O4/c1-14-23(25(32)27-2)18-7-6-17(10-21(18)33-14)34-24-15(11-26)12-28-20-8-5-16(9-19(20)24)29-22(31)13-30(3)4/h5-10,12H,13H2,1-4H3,(H,27,32)(H,29,31). The highest BCUT2D eigenvalue weighted by atomic mass is 16.5. The lowest BCUT2D eigenvalue weighted by Crippen LogP contribution is -2.27. The monoisotopic (exact) mass is 457 g/mol. The second kappa shape index (κ2) is 9.21. The molecule has 0 fully saturated rings. The number of anilines is 1. The smallest absolute Gasteiger partial charge is 0.255 e. The summed E-state index contributed by atoms with van der Waals surface area (Å²) in [5.74, 6) is 0.834. The molecule has 0 unspecified atom stereocenters. The van der Waals surface area contributed by atoms with Gasteiger partial charge in [0.15, 0.2) is 5.75 Å². The predicted octanol–water partition coefficient (Wildman–Crippen LogP) is 3.81. The number of nitriles is 1. The second-order valence-corrected chi connectivity index (χ2v) is 8.00. The lowest BCUT2D eigenvalue weighted by Gasteiger charge is -2.13. The van der Waals surface area contributed by atoms with Crippen molar-refractivity contribution in [2.75, 3.05) is 33.0 Å². The Morgan fingerprint density at radius 1 is 1.18 bits per heavy atom. The zero-order chi connectivity index (χ0) is 24.4. The molecular weight excluding hydrogens is 434 g/mol. The van der Waals surface area contributed by atoms with Crippen LogP contribution < -0.4 is 15.4 Å². The molecule has 9 nitrogen and oxygen atoms in total. The molecule has 2 amide bonds. The third kappa shape index (κ3) is 4.40. The van der Waals surface area contributed by atoms with Crippen molar-refractivity contribution in [1.82, 2.24) is 15.2 Å². The first-order valence-electron chi connectivity index (χ1n) is 10.5. The third-order valence-electron chi connectivity index (χ3n) is 5.19. The number of pyridine rings is 1. The summed E-state index contributed by atoms with van der Waals surface area (Å²) in [6, 6.07) is 12.5. The number of carbonyl (C=O) groups excluding carboxylic acids is 2. The maximum atomic E-state index is 12.2. The minimum atomic E-state index is -0.236. The topological polar surface area (TPSA) is 120 Å². The molecule has 0 bridgehead atoms. The van der Waals surface area contributed by atoms with E-state index in [1.165, 1.54) is 6.20 Å². The average Bonchev–Trinajstić information content (AvgIpc) is 3.13. The Hall–Kier alpha value is -4.42. The van der Waals surface area contributed by atoms with Gasteiger partial charge in [0.25, 0.3) is 5.91 Å². The number of benzene rings is 2. The van der Waals surface area contributed by atoms with Crippen LogP contribution in [0.5, 0.6) is 11.5 Å². The number of furan rings is 1. The molecule has 2 aromatic heterocycles. The highest BCUT2D eigenvalue weighted by Crippen LogP contribution is 2.36. The summed E-state index contributed by atoms with van der Waals surface area (Å²) >= 11 is 0. The van der Waals surface area contributed by atoms with Crippen LogP contribution in [0.25, 0.3) is 21.9 Å². The van der Waals surface area contributed by atoms with Gasteiger partial charge in [-0.15, -0.1) is 0 Å². The molecule has 0 saturated heterocycles. The number of hydrogen-bond donors (Lipinski definition) is 2. The van der Waals surface area contributed by atoms with Crippen LogP contribution in [0.1, 0.15) is 21.7 Å². The van der Waals surface area contributed by atoms with E-state index >= 15 is 0 Å². The van der Waals surface area contributed by atoms with Crippen LogP contribution in [-0.2, 0) is 4.79 Å². The molecule has 9 heteroatoms. The Labute approximate surface area is 195 Å². The molecular formula is C25H23N5O4. The third-order valence-corrected chi connectivity index (χ3v) is 5.19. The van der Waals surface area contributed by atoms with Gasteiger partial charge in [0.1, 0.15) is 28.7 Å². The molecule has 0 aliphatic heterocycles.